The zero-order chi connectivity index (χ0) is 11.4. The van der Waals surface area contributed by atoms with E-state index in [1.807, 2.05) is 0 Å². The highest BCUT2D eigenvalue weighted by Crippen LogP contribution is 2.34. The van der Waals surface area contributed by atoms with Crippen molar-refractivity contribution >= 4 is 5.96 Å². The Balaban J connectivity index is 1.88. The van der Waals surface area contributed by atoms with Crippen molar-refractivity contribution in [1.82, 2.24) is 10.3 Å². The van der Waals surface area contributed by atoms with Crippen LogP contribution in [0.5, 0.6) is 0 Å². The molecular weight excluding hydrogens is 200 g/mol. The molecule has 0 atom stereocenters. The number of aliphatic imine (C=N–C) groups is 1. The lowest BCUT2D eigenvalue weighted by atomic mass is 10.3. The number of nitrogens with one attached hydrogen (secondary N) is 1. The molecule has 0 saturated heterocycles. The Morgan fingerprint density at radius 1 is 1.38 bits per heavy atom. The number of hydrazine groups is 1. The third-order valence-electron chi connectivity index (χ3n) is 3.31. The van der Waals surface area contributed by atoms with Crippen LogP contribution in [0.4, 0.5) is 0 Å². The molecule has 2 rings (SSSR count). The highest BCUT2D eigenvalue weighted by Gasteiger charge is 2.35. The Morgan fingerprint density at radius 2 is 2.12 bits per heavy atom. The number of nitrogens with two attached hydrogens (primary N) is 1. The number of rotatable bonds is 6. The molecule has 2 aliphatic carbocycles. The first kappa shape index (κ1) is 11.7. The van der Waals surface area contributed by atoms with Crippen LogP contribution in [0.3, 0.4) is 0 Å². The summed E-state index contributed by atoms with van der Waals surface area (Å²) in [7, 11) is 0. The zero-order valence-corrected chi connectivity index (χ0v) is 10.3. The Bertz CT molecular complexity index is 243. The van der Waals surface area contributed by atoms with Crippen molar-refractivity contribution in [1.29, 1.82) is 0 Å². The standard InChI is InChI=1S/C12H24N4/c1-2-3-8-14-12(15-13)16(11-6-7-11)9-10-4-5-10/h10-11H,2-9,13H2,1H3,(H,14,15). The molecule has 0 amide bonds. The van der Waals surface area contributed by atoms with E-state index in [4.69, 9.17) is 5.84 Å². The van der Waals surface area contributed by atoms with E-state index in [2.05, 4.69) is 22.2 Å². The highest BCUT2D eigenvalue weighted by molar-refractivity contribution is 5.80. The average molecular weight is 224 g/mol. The molecule has 3 N–H and O–H groups in total. The molecule has 0 unspecified atom stereocenters. The van der Waals surface area contributed by atoms with Gasteiger partial charge in [0, 0.05) is 19.1 Å². The molecule has 2 saturated carbocycles. The summed E-state index contributed by atoms with van der Waals surface area (Å²) in [5.74, 6) is 7.41. The van der Waals surface area contributed by atoms with E-state index < -0.39 is 0 Å². The molecule has 0 aromatic rings. The summed E-state index contributed by atoms with van der Waals surface area (Å²) in [6, 6.07) is 0.706. The van der Waals surface area contributed by atoms with Gasteiger partial charge in [-0.1, -0.05) is 13.3 Å². The van der Waals surface area contributed by atoms with Crippen LogP contribution < -0.4 is 11.3 Å². The number of unbranched alkanes of at least 4 members (excludes halogenated alkanes) is 1. The minimum absolute atomic E-state index is 0.706. The van der Waals surface area contributed by atoms with Crippen molar-refractivity contribution in [3.05, 3.63) is 0 Å². The second-order valence-corrected chi connectivity index (χ2v) is 5.03. The van der Waals surface area contributed by atoms with Gasteiger partial charge in [-0.15, -0.1) is 0 Å². The first-order valence-corrected chi connectivity index (χ1v) is 6.62. The SMILES string of the molecule is CCCCN=C(NN)N(CC1CC1)C1CC1. The van der Waals surface area contributed by atoms with Crippen LogP contribution >= 0.6 is 0 Å². The van der Waals surface area contributed by atoms with Gasteiger partial charge in [-0.05, 0) is 38.0 Å². The van der Waals surface area contributed by atoms with Crippen molar-refractivity contribution in [2.75, 3.05) is 13.1 Å². The van der Waals surface area contributed by atoms with Crippen molar-refractivity contribution in [2.45, 2.75) is 51.5 Å². The number of hydrogen-bond donors (Lipinski definition) is 2. The molecule has 16 heavy (non-hydrogen) atoms. The first-order valence-electron chi connectivity index (χ1n) is 6.62. The van der Waals surface area contributed by atoms with Crippen LogP contribution in [-0.2, 0) is 0 Å². The lowest BCUT2D eigenvalue weighted by Crippen LogP contribution is -2.47. The molecule has 0 bridgehead atoms. The van der Waals surface area contributed by atoms with E-state index in [1.54, 1.807) is 0 Å². The fourth-order valence-electron chi connectivity index (χ4n) is 1.94. The summed E-state index contributed by atoms with van der Waals surface area (Å²) in [5.41, 5.74) is 2.79. The largest absolute Gasteiger partial charge is 0.339 e. The number of nitrogens with zero attached hydrogens (tertiary/aromatic N) is 2. The first-order chi connectivity index (χ1) is 7.85. The molecule has 92 valence electrons. The monoisotopic (exact) mass is 224 g/mol. The third-order valence-corrected chi connectivity index (χ3v) is 3.31. The fourth-order valence-corrected chi connectivity index (χ4v) is 1.94. The average Bonchev–Trinajstić information content (AvgIpc) is 3.16. The van der Waals surface area contributed by atoms with Crippen LogP contribution in [-0.4, -0.2) is 30.0 Å². The molecule has 4 heteroatoms. The van der Waals surface area contributed by atoms with Crippen LogP contribution in [0.15, 0.2) is 4.99 Å². The molecule has 2 fully saturated rings. The van der Waals surface area contributed by atoms with Crippen molar-refractivity contribution in [2.24, 2.45) is 16.8 Å². The van der Waals surface area contributed by atoms with E-state index in [9.17, 15) is 0 Å². The van der Waals surface area contributed by atoms with E-state index >= 15 is 0 Å². The smallest absolute Gasteiger partial charge is 0.208 e. The topological polar surface area (TPSA) is 53.6 Å². The van der Waals surface area contributed by atoms with Gasteiger partial charge in [-0.3, -0.25) is 10.4 Å². The maximum atomic E-state index is 5.60. The second-order valence-electron chi connectivity index (χ2n) is 5.03. The van der Waals surface area contributed by atoms with Gasteiger partial charge in [0.15, 0.2) is 0 Å². The Kier molecular flexibility index (Phi) is 4.04. The molecule has 0 spiro atoms. The van der Waals surface area contributed by atoms with Crippen molar-refractivity contribution in [3.63, 3.8) is 0 Å². The lowest BCUT2D eigenvalue weighted by molar-refractivity contribution is 0.375. The summed E-state index contributed by atoms with van der Waals surface area (Å²) in [5, 5.41) is 0. The predicted octanol–water partition coefficient (Wildman–Crippen LogP) is 1.48. The summed E-state index contributed by atoms with van der Waals surface area (Å²) < 4.78 is 0. The lowest BCUT2D eigenvalue weighted by Gasteiger charge is -2.25. The van der Waals surface area contributed by atoms with E-state index in [0.717, 1.165) is 31.4 Å². The Morgan fingerprint density at radius 3 is 2.62 bits per heavy atom. The molecule has 0 aliphatic heterocycles. The minimum Gasteiger partial charge on any atom is -0.339 e. The Hall–Kier alpha value is -0.770. The molecular formula is C12H24N4. The quantitative estimate of drug-likeness (QED) is 0.236. The van der Waals surface area contributed by atoms with Crippen LogP contribution in [0.25, 0.3) is 0 Å². The summed E-state index contributed by atoms with van der Waals surface area (Å²) in [6.07, 6.45) is 7.72. The molecule has 0 radical (unpaired) electrons. The van der Waals surface area contributed by atoms with Crippen LogP contribution in [0.2, 0.25) is 0 Å². The van der Waals surface area contributed by atoms with Gasteiger partial charge in [0.1, 0.15) is 0 Å². The van der Waals surface area contributed by atoms with E-state index in [-0.39, 0.29) is 0 Å². The van der Waals surface area contributed by atoms with Gasteiger partial charge in [0.2, 0.25) is 5.96 Å². The van der Waals surface area contributed by atoms with Crippen LogP contribution in [0, 0.1) is 5.92 Å². The normalized spacial score (nSPS) is 21.0. The van der Waals surface area contributed by atoms with Crippen molar-refractivity contribution in [3.8, 4) is 0 Å². The molecule has 2 aliphatic rings. The van der Waals surface area contributed by atoms with Crippen molar-refractivity contribution < 1.29 is 0 Å². The molecule has 4 nitrogen and oxygen atoms in total. The maximum absolute atomic E-state index is 5.60. The Labute approximate surface area is 98.3 Å². The summed E-state index contributed by atoms with van der Waals surface area (Å²) >= 11 is 0. The fraction of sp³-hybridized carbons (Fsp3) is 0.917. The minimum atomic E-state index is 0.706. The van der Waals surface area contributed by atoms with Gasteiger partial charge >= 0.3 is 0 Å². The van der Waals surface area contributed by atoms with E-state index in [0.29, 0.717) is 6.04 Å². The molecule has 0 aromatic carbocycles. The zero-order valence-electron chi connectivity index (χ0n) is 10.3. The number of hydrogen-bond acceptors (Lipinski definition) is 2. The van der Waals surface area contributed by atoms with Gasteiger partial charge in [0.05, 0.1) is 0 Å². The predicted molar refractivity (Wildman–Crippen MR) is 67.0 cm³/mol. The maximum Gasteiger partial charge on any atom is 0.208 e. The number of guanidine groups is 1. The summed E-state index contributed by atoms with van der Waals surface area (Å²) in [6.45, 7) is 4.23. The third kappa shape index (κ3) is 3.37. The van der Waals surface area contributed by atoms with Gasteiger partial charge in [0.25, 0.3) is 0 Å². The van der Waals surface area contributed by atoms with Gasteiger partial charge in [-0.2, -0.15) is 0 Å². The van der Waals surface area contributed by atoms with E-state index in [1.165, 1.54) is 32.1 Å². The van der Waals surface area contributed by atoms with Gasteiger partial charge < -0.3 is 4.90 Å². The highest BCUT2D eigenvalue weighted by atomic mass is 15.4. The second kappa shape index (κ2) is 5.53. The van der Waals surface area contributed by atoms with Gasteiger partial charge in [-0.25, -0.2) is 5.84 Å². The molecule has 0 aromatic heterocycles. The van der Waals surface area contributed by atoms with Crippen LogP contribution in [0.1, 0.15) is 45.4 Å². The summed E-state index contributed by atoms with van der Waals surface area (Å²) in [4.78, 5) is 6.98. The molecule has 0 heterocycles.